The van der Waals surface area contributed by atoms with E-state index in [-0.39, 0.29) is 16.8 Å². The van der Waals surface area contributed by atoms with E-state index in [1.165, 1.54) is 0 Å². The highest BCUT2D eigenvalue weighted by molar-refractivity contribution is 7.80. The standard InChI is InChI=1S/C16H17N3O2S/c1-9-10(2)14(17-11(3)13(9)20)18-16(22)19-15(21)12-7-5-4-6-8-12/h4-8,20H,1-3H3,(H2,17,18,19,21,22). The second-order valence-electron chi connectivity index (χ2n) is 4.92. The Hall–Kier alpha value is -2.47. The van der Waals surface area contributed by atoms with E-state index in [2.05, 4.69) is 15.6 Å². The van der Waals surface area contributed by atoms with Crippen molar-refractivity contribution in [2.75, 3.05) is 5.32 Å². The van der Waals surface area contributed by atoms with Gasteiger partial charge in [0.1, 0.15) is 11.6 Å². The van der Waals surface area contributed by atoms with E-state index in [0.717, 1.165) is 11.1 Å². The van der Waals surface area contributed by atoms with Gasteiger partial charge in [0.25, 0.3) is 5.91 Å². The molecule has 5 nitrogen and oxygen atoms in total. The largest absolute Gasteiger partial charge is 0.506 e. The number of pyridine rings is 1. The maximum absolute atomic E-state index is 12.0. The summed E-state index contributed by atoms with van der Waals surface area (Å²) >= 11 is 5.15. The number of aromatic hydroxyl groups is 1. The fourth-order valence-corrected chi connectivity index (χ4v) is 2.15. The van der Waals surface area contributed by atoms with Crippen LogP contribution in [0.4, 0.5) is 5.82 Å². The zero-order chi connectivity index (χ0) is 16.3. The summed E-state index contributed by atoms with van der Waals surface area (Å²) < 4.78 is 0. The molecule has 114 valence electrons. The molecule has 22 heavy (non-hydrogen) atoms. The lowest BCUT2D eigenvalue weighted by Crippen LogP contribution is -2.34. The molecule has 1 amide bonds. The second-order valence-corrected chi connectivity index (χ2v) is 5.33. The predicted molar refractivity (Wildman–Crippen MR) is 90.2 cm³/mol. The summed E-state index contributed by atoms with van der Waals surface area (Å²) in [7, 11) is 0. The van der Waals surface area contributed by atoms with Gasteiger partial charge in [-0.1, -0.05) is 18.2 Å². The van der Waals surface area contributed by atoms with Crippen LogP contribution in [0.1, 0.15) is 27.2 Å². The van der Waals surface area contributed by atoms with Crippen molar-refractivity contribution >= 4 is 29.1 Å². The molecule has 0 bridgehead atoms. The molecule has 3 N–H and O–H groups in total. The monoisotopic (exact) mass is 315 g/mol. The molecule has 0 atom stereocenters. The van der Waals surface area contributed by atoms with Crippen molar-refractivity contribution in [1.29, 1.82) is 0 Å². The molecule has 0 aliphatic heterocycles. The van der Waals surface area contributed by atoms with Gasteiger partial charge in [0.2, 0.25) is 0 Å². The first kappa shape index (κ1) is 15.9. The summed E-state index contributed by atoms with van der Waals surface area (Å²) in [6, 6.07) is 8.81. The maximum atomic E-state index is 12.0. The molecule has 0 aliphatic rings. The second kappa shape index (κ2) is 6.53. The molecule has 0 fully saturated rings. The number of anilines is 1. The first-order valence-corrected chi connectivity index (χ1v) is 7.15. The lowest BCUT2D eigenvalue weighted by atomic mass is 10.1. The normalized spacial score (nSPS) is 10.1. The molecular weight excluding hydrogens is 298 g/mol. The van der Waals surface area contributed by atoms with Crippen molar-refractivity contribution in [3.05, 3.63) is 52.7 Å². The number of hydrogen-bond donors (Lipinski definition) is 3. The van der Waals surface area contributed by atoms with Crippen LogP contribution < -0.4 is 10.6 Å². The average Bonchev–Trinajstić information content (AvgIpc) is 2.51. The highest BCUT2D eigenvalue weighted by Gasteiger charge is 2.13. The Balaban J connectivity index is 2.12. The van der Waals surface area contributed by atoms with Crippen LogP contribution in [-0.4, -0.2) is 21.1 Å². The van der Waals surface area contributed by atoms with E-state index in [0.29, 0.717) is 17.1 Å². The van der Waals surface area contributed by atoms with Crippen molar-refractivity contribution in [3.63, 3.8) is 0 Å². The fraction of sp³-hybridized carbons (Fsp3) is 0.188. The van der Waals surface area contributed by atoms with Crippen molar-refractivity contribution in [1.82, 2.24) is 10.3 Å². The number of benzene rings is 1. The third kappa shape index (κ3) is 3.40. The fourth-order valence-electron chi connectivity index (χ4n) is 1.96. The summed E-state index contributed by atoms with van der Waals surface area (Å²) in [6.45, 7) is 5.33. The number of carbonyl (C=O) groups excluding carboxylic acids is 1. The Labute approximate surface area is 134 Å². The van der Waals surface area contributed by atoms with Crippen LogP contribution in [-0.2, 0) is 0 Å². The van der Waals surface area contributed by atoms with E-state index in [9.17, 15) is 9.90 Å². The number of aryl methyl sites for hydroxylation is 1. The summed E-state index contributed by atoms with van der Waals surface area (Å²) in [6.07, 6.45) is 0. The van der Waals surface area contributed by atoms with Gasteiger partial charge in [0, 0.05) is 5.56 Å². The third-order valence-corrected chi connectivity index (χ3v) is 3.59. The lowest BCUT2D eigenvalue weighted by molar-refractivity contribution is 0.0977. The Morgan fingerprint density at radius 1 is 1.14 bits per heavy atom. The summed E-state index contributed by atoms with van der Waals surface area (Å²) in [5, 5.41) is 15.5. The van der Waals surface area contributed by atoms with Crippen LogP contribution in [0.25, 0.3) is 0 Å². The van der Waals surface area contributed by atoms with Crippen LogP contribution in [0.15, 0.2) is 30.3 Å². The van der Waals surface area contributed by atoms with Gasteiger partial charge in [-0.3, -0.25) is 10.1 Å². The first-order chi connectivity index (χ1) is 10.4. The maximum Gasteiger partial charge on any atom is 0.257 e. The van der Waals surface area contributed by atoms with E-state index in [4.69, 9.17) is 12.2 Å². The molecule has 1 heterocycles. The quantitative estimate of drug-likeness (QED) is 0.743. The van der Waals surface area contributed by atoms with Crippen molar-refractivity contribution in [3.8, 4) is 5.75 Å². The minimum absolute atomic E-state index is 0.161. The predicted octanol–water partition coefficient (Wildman–Crippen LogP) is 2.84. The molecular formula is C16H17N3O2S. The molecule has 2 rings (SSSR count). The molecule has 6 heteroatoms. The Morgan fingerprint density at radius 3 is 2.41 bits per heavy atom. The number of aromatic nitrogens is 1. The number of amides is 1. The lowest BCUT2D eigenvalue weighted by Gasteiger charge is -2.14. The van der Waals surface area contributed by atoms with Gasteiger partial charge in [-0.25, -0.2) is 4.98 Å². The number of hydrogen-bond acceptors (Lipinski definition) is 4. The number of nitrogens with one attached hydrogen (secondary N) is 2. The van der Waals surface area contributed by atoms with Gasteiger partial charge in [-0.15, -0.1) is 0 Å². The van der Waals surface area contributed by atoms with Gasteiger partial charge < -0.3 is 10.4 Å². The zero-order valence-corrected chi connectivity index (χ0v) is 13.4. The molecule has 0 aliphatic carbocycles. The van der Waals surface area contributed by atoms with Crippen molar-refractivity contribution < 1.29 is 9.90 Å². The van der Waals surface area contributed by atoms with Crippen LogP contribution in [0.3, 0.4) is 0 Å². The molecule has 0 spiro atoms. The number of carbonyl (C=O) groups is 1. The minimum Gasteiger partial charge on any atom is -0.506 e. The van der Waals surface area contributed by atoms with E-state index in [1.807, 2.05) is 13.0 Å². The van der Waals surface area contributed by atoms with Crippen molar-refractivity contribution in [2.45, 2.75) is 20.8 Å². The molecule has 0 saturated heterocycles. The van der Waals surface area contributed by atoms with E-state index in [1.54, 1.807) is 38.1 Å². The van der Waals surface area contributed by atoms with Gasteiger partial charge in [-0.2, -0.15) is 0 Å². The highest BCUT2D eigenvalue weighted by atomic mass is 32.1. The van der Waals surface area contributed by atoms with Crippen molar-refractivity contribution in [2.24, 2.45) is 0 Å². The smallest absolute Gasteiger partial charge is 0.257 e. The van der Waals surface area contributed by atoms with Crippen LogP contribution in [0.2, 0.25) is 0 Å². The molecule has 0 radical (unpaired) electrons. The van der Waals surface area contributed by atoms with E-state index < -0.39 is 0 Å². The van der Waals surface area contributed by atoms with Crippen LogP contribution in [0.5, 0.6) is 5.75 Å². The average molecular weight is 315 g/mol. The Bertz CT molecular complexity index is 730. The van der Waals surface area contributed by atoms with Crippen LogP contribution in [0, 0.1) is 20.8 Å². The molecule has 1 aromatic heterocycles. The summed E-state index contributed by atoms with van der Waals surface area (Å²) in [4.78, 5) is 16.3. The zero-order valence-electron chi connectivity index (χ0n) is 12.6. The number of rotatable bonds is 2. The number of thiocarbonyl (C=S) groups is 1. The van der Waals surface area contributed by atoms with Gasteiger partial charge in [0.15, 0.2) is 5.11 Å². The molecule has 1 aromatic carbocycles. The first-order valence-electron chi connectivity index (χ1n) is 6.74. The Morgan fingerprint density at radius 2 is 1.77 bits per heavy atom. The van der Waals surface area contributed by atoms with Crippen LogP contribution >= 0.6 is 12.2 Å². The highest BCUT2D eigenvalue weighted by Crippen LogP contribution is 2.27. The topological polar surface area (TPSA) is 74.2 Å². The van der Waals surface area contributed by atoms with Gasteiger partial charge in [0.05, 0.1) is 5.69 Å². The minimum atomic E-state index is -0.289. The third-order valence-electron chi connectivity index (χ3n) is 3.39. The summed E-state index contributed by atoms with van der Waals surface area (Å²) in [5.41, 5.74) is 2.53. The number of nitrogens with zero attached hydrogens (tertiary/aromatic N) is 1. The van der Waals surface area contributed by atoms with E-state index >= 15 is 0 Å². The molecule has 0 unspecified atom stereocenters. The SMILES string of the molecule is Cc1nc(NC(=S)NC(=O)c2ccccc2)c(C)c(C)c1O. The summed E-state index contributed by atoms with van der Waals surface area (Å²) in [5.74, 6) is 0.399. The molecule has 0 saturated carbocycles. The van der Waals surface area contributed by atoms with Gasteiger partial charge in [-0.05, 0) is 56.2 Å². The Kier molecular flexibility index (Phi) is 4.72. The van der Waals surface area contributed by atoms with Gasteiger partial charge >= 0.3 is 0 Å². The molecule has 2 aromatic rings.